The average Bonchev–Trinajstić information content (AvgIpc) is 2.64. The summed E-state index contributed by atoms with van der Waals surface area (Å²) < 4.78 is 0. The summed E-state index contributed by atoms with van der Waals surface area (Å²) in [7, 11) is 0. The van der Waals surface area contributed by atoms with Gasteiger partial charge in [-0.25, -0.2) is 4.98 Å². The highest BCUT2D eigenvalue weighted by atomic mass is 35.5. The van der Waals surface area contributed by atoms with E-state index in [4.69, 9.17) is 11.6 Å². The zero-order chi connectivity index (χ0) is 21.0. The van der Waals surface area contributed by atoms with Crippen molar-refractivity contribution in [2.75, 3.05) is 17.2 Å². The number of hydrogen-bond acceptors (Lipinski definition) is 6. The molecular weight excluding hydrogens is 386 g/mol. The topological polar surface area (TPSA) is 93.9 Å². The molecule has 29 heavy (non-hydrogen) atoms. The van der Waals surface area contributed by atoms with Gasteiger partial charge in [0.2, 0.25) is 5.95 Å². The van der Waals surface area contributed by atoms with Crippen LogP contribution in [0.1, 0.15) is 49.8 Å². The number of benzene rings is 1. The van der Waals surface area contributed by atoms with Crippen LogP contribution in [0.5, 0.6) is 0 Å². The van der Waals surface area contributed by atoms with E-state index in [-0.39, 0.29) is 17.6 Å². The second-order valence-electron chi connectivity index (χ2n) is 8.51. The highest BCUT2D eigenvalue weighted by molar-refractivity contribution is 6.30. The Morgan fingerprint density at radius 3 is 2.79 bits per heavy atom. The molecule has 0 radical (unpaired) electrons. The predicted octanol–water partition coefficient (Wildman–Crippen LogP) is 4.32. The summed E-state index contributed by atoms with van der Waals surface area (Å²) in [6.07, 6.45) is 4.44. The zero-order valence-corrected chi connectivity index (χ0v) is 17.9. The fourth-order valence-corrected chi connectivity index (χ4v) is 4.19. The number of halogens is 1. The third-order valence-corrected chi connectivity index (χ3v) is 5.73. The third kappa shape index (κ3) is 5.59. The molecule has 2 aromatic rings. The van der Waals surface area contributed by atoms with Gasteiger partial charge in [0.25, 0.3) is 0 Å². The summed E-state index contributed by atoms with van der Waals surface area (Å²) in [6.45, 7) is 6.83. The standard InChI is InChI=1S/C22H28ClN5O/c1-14-8-15(10-17(23)9-14)6-7-25-21-26-13-16(12-24)20(28-21)27-18-4-5-19(29)22(2,3)11-18/h8-10,13,18-19,29H,4-7,11H2,1-3H3,(H2,25,26,27,28)/t18-,19+/m1/s1. The first-order chi connectivity index (χ1) is 13.8. The van der Waals surface area contributed by atoms with Crippen molar-refractivity contribution in [1.29, 1.82) is 5.26 Å². The maximum atomic E-state index is 10.2. The van der Waals surface area contributed by atoms with Crippen LogP contribution in [-0.4, -0.2) is 33.8 Å². The molecule has 0 bridgehead atoms. The van der Waals surface area contributed by atoms with Gasteiger partial charge in [-0.3, -0.25) is 0 Å². The maximum Gasteiger partial charge on any atom is 0.224 e. The van der Waals surface area contributed by atoms with Crippen molar-refractivity contribution >= 4 is 23.4 Å². The van der Waals surface area contributed by atoms with Gasteiger partial charge in [0.05, 0.1) is 12.3 Å². The van der Waals surface area contributed by atoms with Crippen LogP contribution in [-0.2, 0) is 6.42 Å². The molecule has 1 heterocycles. The Balaban J connectivity index is 1.65. The molecule has 2 atom stereocenters. The minimum Gasteiger partial charge on any atom is -0.393 e. The lowest BCUT2D eigenvalue weighted by atomic mass is 9.73. The van der Waals surface area contributed by atoms with Gasteiger partial charge in [0.1, 0.15) is 17.5 Å². The number of rotatable bonds is 6. The normalized spacial score (nSPS) is 20.7. The molecular formula is C22H28ClN5O. The lowest BCUT2D eigenvalue weighted by molar-refractivity contribution is 0.00926. The van der Waals surface area contributed by atoms with E-state index in [1.807, 2.05) is 19.1 Å². The first-order valence-electron chi connectivity index (χ1n) is 9.98. The smallest absolute Gasteiger partial charge is 0.224 e. The van der Waals surface area contributed by atoms with E-state index in [2.05, 4.69) is 46.6 Å². The number of nitrogens with zero attached hydrogens (tertiary/aromatic N) is 3. The van der Waals surface area contributed by atoms with Gasteiger partial charge in [-0.2, -0.15) is 10.2 Å². The monoisotopic (exact) mass is 413 g/mol. The minimum atomic E-state index is -0.297. The molecule has 154 valence electrons. The van der Waals surface area contributed by atoms with Crippen molar-refractivity contribution in [2.45, 2.75) is 58.6 Å². The van der Waals surface area contributed by atoms with Crippen molar-refractivity contribution < 1.29 is 5.11 Å². The van der Waals surface area contributed by atoms with E-state index in [9.17, 15) is 10.4 Å². The molecule has 0 saturated heterocycles. The SMILES string of the molecule is Cc1cc(Cl)cc(CCNc2ncc(C#N)c(N[C@@H]3CC[C@H](O)C(C)(C)C3)n2)c1. The van der Waals surface area contributed by atoms with Crippen LogP contribution in [0.4, 0.5) is 11.8 Å². The molecule has 0 amide bonds. The highest BCUT2D eigenvalue weighted by Crippen LogP contribution is 2.36. The number of aryl methyl sites for hydroxylation is 1. The van der Waals surface area contributed by atoms with Crippen LogP contribution in [0, 0.1) is 23.7 Å². The summed E-state index contributed by atoms with van der Waals surface area (Å²) in [4.78, 5) is 8.79. The number of aromatic nitrogens is 2. The molecule has 3 N–H and O–H groups in total. The van der Waals surface area contributed by atoms with Crippen LogP contribution < -0.4 is 10.6 Å². The van der Waals surface area contributed by atoms with E-state index in [0.717, 1.165) is 41.8 Å². The summed E-state index contributed by atoms with van der Waals surface area (Å²) in [5.74, 6) is 1.03. The summed E-state index contributed by atoms with van der Waals surface area (Å²) in [5, 5.41) is 26.9. The largest absolute Gasteiger partial charge is 0.393 e. The van der Waals surface area contributed by atoms with Crippen molar-refractivity contribution in [3.63, 3.8) is 0 Å². The molecule has 1 aliphatic carbocycles. The van der Waals surface area contributed by atoms with E-state index in [1.54, 1.807) is 6.20 Å². The van der Waals surface area contributed by atoms with E-state index >= 15 is 0 Å². The lowest BCUT2D eigenvalue weighted by Gasteiger charge is -2.40. The molecule has 6 nitrogen and oxygen atoms in total. The van der Waals surface area contributed by atoms with Gasteiger partial charge in [-0.15, -0.1) is 0 Å². The Bertz CT molecular complexity index is 888. The number of anilines is 2. The molecule has 0 spiro atoms. The van der Waals surface area contributed by atoms with Crippen LogP contribution in [0.3, 0.4) is 0 Å². The van der Waals surface area contributed by atoms with Gasteiger partial charge in [-0.1, -0.05) is 31.5 Å². The summed E-state index contributed by atoms with van der Waals surface area (Å²) in [6, 6.07) is 8.33. The first kappa shape index (κ1) is 21.4. The summed E-state index contributed by atoms with van der Waals surface area (Å²) >= 11 is 6.12. The first-order valence-corrected chi connectivity index (χ1v) is 10.4. The molecule has 1 saturated carbocycles. The number of aliphatic hydroxyl groups excluding tert-OH is 1. The number of hydrogen-bond donors (Lipinski definition) is 3. The Labute approximate surface area is 177 Å². The van der Waals surface area contributed by atoms with E-state index in [0.29, 0.717) is 23.9 Å². The second kappa shape index (κ2) is 8.98. The quantitative estimate of drug-likeness (QED) is 0.653. The van der Waals surface area contributed by atoms with E-state index in [1.165, 1.54) is 0 Å². The summed E-state index contributed by atoms with van der Waals surface area (Å²) in [5.41, 5.74) is 2.54. The number of nitrogens with one attached hydrogen (secondary N) is 2. The fourth-order valence-electron chi connectivity index (χ4n) is 3.87. The van der Waals surface area contributed by atoms with Gasteiger partial charge < -0.3 is 15.7 Å². The number of nitriles is 1. The molecule has 1 aromatic carbocycles. The van der Waals surface area contributed by atoms with E-state index < -0.39 is 0 Å². The number of aliphatic hydroxyl groups is 1. The molecule has 3 rings (SSSR count). The minimum absolute atomic E-state index is 0.161. The van der Waals surface area contributed by atoms with Crippen molar-refractivity contribution in [1.82, 2.24) is 9.97 Å². The van der Waals surface area contributed by atoms with Crippen LogP contribution in [0.15, 0.2) is 24.4 Å². The maximum absolute atomic E-state index is 10.2. The Morgan fingerprint density at radius 2 is 2.10 bits per heavy atom. The van der Waals surface area contributed by atoms with Crippen molar-refractivity contribution in [3.8, 4) is 6.07 Å². The molecule has 1 aliphatic rings. The Hall–Kier alpha value is -2.36. The molecule has 7 heteroatoms. The third-order valence-electron chi connectivity index (χ3n) is 5.51. The fraction of sp³-hybridized carbons (Fsp3) is 0.500. The van der Waals surface area contributed by atoms with Crippen LogP contribution in [0.25, 0.3) is 0 Å². The highest BCUT2D eigenvalue weighted by Gasteiger charge is 2.35. The molecule has 0 aliphatic heterocycles. The Kier molecular flexibility index (Phi) is 6.61. The van der Waals surface area contributed by atoms with Crippen molar-refractivity contribution in [3.05, 3.63) is 46.1 Å². The zero-order valence-electron chi connectivity index (χ0n) is 17.2. The molecule has 0 unspecified atom stereocenters. The van der Waals surface area contributed by atoms with Crippen LogP contribution in [0.2, 0.25) is 5.02 Å². The Morgan fingerprint density at radius 1 is 1.31 bits per heavy atom. The van der Waals surface area contributed by atoms with Gasteiger partial charge in [0, 0.05) is 17.6 Å². The predicted molar refractivity (Wildman–Crippen MR) is 116 cm³/mol. The van der Waals surface area contributed by atoms with Gasteiger partial charge >= 0.3 is 0 Å². The average molecular weight is 414 g/mol. The second-order valence-corrected chi connectivity index (χ2v) is 8.94. The molecule has 1 aromatic heterocycles. The van der Waals surface area contributed by atoms with Gasteiger partial charge in [0.15, 0.2) is 0 Å². The molecule has 1 fully saturated rings. The van der Waals surface area contributed by atoms with Crippen molar-refractivity contribution in [2.24, 2.45) is 5.41 Å². The lowest BCUT2D eigenvalue weighted by Crippen LogP contribution is -2.41. The van der Waals surface area contributed by atoms with Gasteiger partial charge in [-0.05, 0) is 61.3 Å². The van der Waals surface area contributed by atoms with Crippen LogP contribution >= 0.6 is 11.6 Å².